The molecular formula is C22H29BrN2O3S. The van der Waals surface area contributed by atoms with E-state index in [0.29, 0.717) is 25.2 Å². The van der Waals surface area contributed by atoms with E-state index in [9.17, 15) is 13.2 Å². The number of anilines is 1. The highest BCUT2D eigenvalue weighted by atomic mass is 79.9. The molecule has 2 atom stereocenters. The quantitative estimate of drug-likeness (QED) is 0.629. The molecule has 5 fully saturated rings. The standard InChI is InChI=1S/C22H29BrN2O3S/c23-22-12-16-8-17(13-22)11-21(10-16,15-22)14-20(26)24-18-4-3-5-19(9-18)29(27,28)25-6-1-2-7-25/h3-5,9,16-17H,1-2,6-8,10-15H2,(H,24,26)/t16-,17-,21?,22?/m1/s1. The number of hydrogen-bond donors (Lipinski definition) is 1. The SMILES string of the molecule is O=C(CC12C[C@H]3C[C@@H](CC(Br)(C3)C1)C2)Nc1cccc(S(=O)(=O)N2CCCC2)c1. The fraction of sp³-hybridized carbons (Fsp3) is 0.682. The largest absolute Gasteiger partial charge is 0.326 e. The summed E-state index contributed by atoms with van der Waals surface area (Å²) in [6, 6.07) is 6.73. The molecule has 0 spiro atoms. The summed E-state index contributed by atoms with van der Waals surface area (Å²) in [6.45, 7) is 1.16. The van der Waals surface area contributed by atoms with Gasteiger partial charge in [-0.3, -0.25) is 4.79 Å². The number of hydrogen-bond acceptors (Lipinski definition) is 3. The summed E-state index contributed by atoms with van der Waals surface area (Å²) in [5.41, 5.74) is 0.685. The molecule has 1 aromatic rings. The van der Waals surface area contributed by atoms with E-state index >= 15 is 0 Å². The zero-order chi connectivity index (χ0) is 20.3. The van der Waals surface area contributed by atoms with Crippen molar-refractivity contribution in [1.29, 1.82) is 0 Å². The third-order valence-corrected chi connectivity index (χ3v) is 10.3. The van der Waals surface area contributed by atoms with Gasteiger partial charge in [0, 0.05) is 29.5 Å². The number of halogens is 1. The van der Waals surface area contributed by atoms with Gasteiger partial charge in [0.1, 0.15) is 0 Å². The van der Waals surface area contributed by atoms with E-state index in [0.717, 1.165) is 43.9 Å². The van der Waals surface area contributed by atoms with Crippen molar-refractivity contribution in [2.45, 2.75) is 67.0 Å². The van der Waals surface area contributed by atoms with Crippen LogP contribution in [0.5, 0.6) is 0 Å². The topological polar surface area (TPSA) is 66.5 Å². The molecule has 4 bridgehead atoms. The van der Waals surface area contributed by atoms with E-state index in [1.165, 1.54) is 19.3 Å². The molecule has 1 saturated heterocycles. The van der Waals surface area contributed by atoms with Crippen LogP contribution in [-0.2, 0) is 14.8 Å². The Balaban J connectivity index is 1.29. The fourth-order valence-corrected chi connectivity index (χ4v) is 9.97. The lowest BCUT2D eigenvalue weighted by molar-refractivity contribution is -0.123. The summed E-state index contributed by atoms with van der Waals surface area (Å²) in [5.74, 6) is 1.51. The Morgan fingerprint density at radius 2 is 1.83 bits per heavy atom. The van der Waals surface area contributed by atoms with Gasteiger partial charge in [-0.15, -0.1) is 0 Å². The summed E-state index contributed by atoms with van der Waals surface area (Å²) in [7, 11) is -3.47. The van der Waals surface area contributed by atoms with Crippen molar-refractivity contribution in [2.24, 2.45) is 17.3 Å². The van der Waals surface area contributed by atoms with Gasteiger partial charge in [-0.25, -0.2) is 8.42 Å². The Hall–Kier alpha value is -0.920. The van der Waals surface area contributed by atoms with E-state index in [1.807, 2.05) is 0 Å². The lowest BCUT2D eigenvalue weighted by atomic mass is 9.48. The first-order valence-corrected chi connectivity index (χ1v) is 13.1. The van der Waals surface area contributed by atoms with Crippen LogP contribution in [0.2, 0.25) is 0 Å². The van der Waals surface area contributed by atoms with Gasteiger partial charge in [-0.05, 0) is 86.8 Å². The van der Waals surface area contributed by atoms with E-state index < -0.39 is 10.0 Å². The Kier molecular flexibility index (Phi) is 4.87. The number of benzene rings is 1. The average molecular weight is 481 g/mol. The summed E-state index contributed by atoms with van der Waals surface area (Å²) in [4.78, 5) is 13.2. The molecule has 1 amide bonds. The monoisotopic (exact) mass is 480 g/mol. The van der Waals surface area contributed by atoms with Crippen LogP contribution >= 0.6 is 15.9 Å². The number of amides is 1. The summed E-state index contributed by atoms with van der Waals surface area (Å²) in [6.07, 6.45) is 9.60. The van der Waals surface area contributed by atoms with Crippen molar-refractivity contribution in [1.82, 2.24) is 4.31 Å². The van der Waals surface area contributed by atoms with Gasteiger partial charge in [0.15, 0.2) is 0 Å². The number of nitrogens with zero attached hydrogens (tertiary/aromatic N) is 1. The van der Waals surface area contributed by atoms with Crippen LogP contribution in [0, 0.1) is 17.3 Å². The zero-order valence-corrected chi connectivity index (χ0v) is 19.1. The molecule has 4 saturated carbocycles. The van der Waals surface area contributed by atoms with Crippen LogP contribution in [0.3, 0.4) is 0 Å². The van der Waals surface area contributed by atoms with Gasteiger partial charge < -0.3 is 5.32 Å². The van der Waals surface area contributed by atoms with Gasteiger partial charge in [0.05, 0.1) is 4.90 Å². The molecule has 7 heteroatoms. The predicted molar refractivity (Wildman–Crippen MR) is 116 cm³/mol. The highest BCUT2D eigenvalue weighted by molar-refractivity contribution is 9.10. The van der Waals surface area contributed by atoms with Crippen molar-refractivity contribution in [3.8, 4) is 0 Å². The number of alkyl halides is 1. The highest BCUT2D eigenvalue weighted by Gasteiger charge is 2.57. The smallest absolute Gasteiger partial charge is 0.243 e. The minimum Gasteiger partial charge on any atom is -0.326 e. The summed E-state index contributed by atoms with van der Waals surface area (Å²) < 4.78 is 27.4. The van der Waals surface area contributed by atoms with Crippen LogP contribution in [0.15, 0.2) is 29.2 Å². The zero-order valence-electron chi connectivity index (χ0n) is 16.7. The Labute approximate surface area is 181 Å². The van der Waals surface area contributed by atoms with Crippen LogP contribution in [0.25, 0.3) is 0 Å². The van der Waals surface area contributed by atoms with E-state index in [1.54, 1.807) is 28.6 Å². The molecule has 158 valence electrons. The number of rotatable bonds is 5. The Morgan fingerprint density at radius 1 is 1.14 bits per heavy atom. The van der Waals surface area contributed by atoms with Crippen LogP contribution in [0.4, 0.5) is 5.69 Å². The van der Waals surface area contributed by atoms with Gasteiger partial charge in [-0.2, -0.15) is 4.31 Å². The number of nitrogens with one attached hydrogen (secondary N) is 1. The van der Waals surface area contributed by atoms with Gasteiger partial charge in [0.25, 0.3) is 0 Å². The normalized spacial score (nSPS) is 36.4. The van der Waals surface area contributed by atoms with Crippen molar-refractivity contribution in [3.63, 3.8) is 0 Å². The number of carbonyl (C=O) groups excluding carboxylic acids is 1. The second-order valence-corrected chi connectivity index (χ2v) is 13.6. The highest BCUT2D eigenvalue weighted by Crippen LogP contribution is 2.65. The van der Waals surface area contributed by atoms with Crippen molar-refractivity contribution in [2.75, 3.05) is 18.4 Å². The first kappa shape index (κ1) is 20.0. The molecule has 0 unspecified atom stereocenters. The molecule has 1 N–H and O–H groups in total. The van der Waals surface area contributed by atoms with Crippen LogP contribution < -0.4 is 5.32 Å². The van der Waals surface area contributed by atoms with Crippen molar-refractivity contribution >= 4 is 37.5 Å². The Bertz CT molecular complexity index is 912. The minimum atomic E-state index is -3.47. The summed E-state index contributed by atoms with van der Waals surface area (Å²) in [5, 5.41) is 3.00. The maximum Gasteiger partial charge on any atom is 0.243 e. The molecule has 29 heavy (non-hydrogen) atoms. The average Bonchev–Trinajstić information content (AvgIpc) is 3.14. The van der Waals surface area contributed by atoms with Gasteiger partial charge in [0.2, 0.25) is 15.9 Å². The molecule has 0 radical (unpaired) electrons. The van der Waals surface area contributed by atoms with Crippen molar-refractivity contribution < 1.29 is 13.2 Å². The second kappa shape index (κ2) is 7.06. The molecule has 1 heterocycles. The third kappa shape index (κ3) is 3.79. The summed E-state index contributed by atoms with van der Waals surface area (Å²) >= 11 is 4.01. The fourth-order valence-electron chi connectivity index (χ4n) is 6.90. The second-order valence-electron chi connectivity index (χ2n) is 9.98. The third-order valence-electron chi connectivity index (χ3n) is 7.47. The van der Waals surface area contributed by atoms with Gasteiger partial charge >= 0.3 is 0 Å². The van der Waals surface area contributed by atoms with Crippen LogP contribution in [0.1, 0.15) is 57.8 Å². The maximum atomic E-state index is 12.9. The first-order chi connectivity index (χ1) is 13.8. The predicted octanol–water partition coefficient (Wildman–Crippen LogP) is 4.53. The molecule has 6 rings (SSSR count). The lowest BCUT2D eigenvalue weighted by Crippen LogP contribution is -2.53. The van der Waals surface area contributed by atoms with Crippen molar-refractivity contribution in [3.05, 3.63) is 24.3 Å². The van der Waals surface area contributed by atoms with Gasteiger partial charge in [-0.1, -0.05) is 22.0 Å². The molecule has 0 aromatic heterocycles. The molecule has 4 aliphatic carbocycles. The maximum absolute atomic E-state index is 12.9. The van der Waals surface area contributed by atoms with E-state index in [2.05, 4.69) is 21.2 Å². The molecule has 1 aliphatic heterocycles. The first-order valence-electron chi connectivity index (χ1n) is 10.8. The molecule has 5 nitrogen and oxygen atoms in total. The molecular weight excluding hydrogens is 452 g/mol. The van der Waals surface area contributed by atoms with Crippen LogP contribution in [-0.4, -0.2) is 36.0 Å². The lowest BCUT2D eigenvalue weighted by Gasteiger charge is -2.60. The van der Waals surface area contributed by atoms with E-state index in [-0.39, 0.29) is 20.5 Å². The Morgan fingerprint density at radius 3 is 2.48 bits per heavy atom. The molecule has 1 aromatic carbocycles. The minimum absolute atomic E-state index is 0.0128. The number of sulfonamides is 1. The van der Waals surface area contributed by atoms with E-state index in [4.69, 9.17) is 0 Å². The number of carbonyl (C=O) groups is 1. The molecule has 5 aliphatic rings.